The van der Waals surface area contributed by atoms with E-state index in [0.29, 0.717) is 5.92 Å². The van der Waals surface area contributed by atoms with Gasteiger partial charge in [0.1, 0.15) is 0 Å². The monoisotopic (exact) mass is 433 g/mol. The number of fused-ring (bicyclic) bond motifs is 2. The van der Waals surface area contributed by atoms with E-state index in [1.54, 1.807) is 0 Å². The van der Waals surface area contributed by atoms with Crippen molar-refractivity contribution in [2.75, 3.05) is 19.6 Å². The van der Waals surface area contributed by atoms with Crippen LogP contribution in [0.25, 0.3) is 0 Å². The van der Waals surface area contributed by atoms with Gasteiger partial charge < -0.3 is 10.0 Å². The van der Waals surface area contributed by atoms with E-state index in [-0.39, 0.29) is 17.8 Å². The van der Waals surface area contributed by atoms with Gasteiger partial charge in [0.25, 0.3) is 0 Å². The molecule has 2 aromatic carbocycles. The number of piperidine rings is 1. The number of hydrogen-bond acceptors (Lipinski definition) is 2. The molecule has 0 bridgehead atoms. The quantitative estimate of drug-likeness (QED) is 0.640. The maximum atomic E-state index is 11.1. The fourth-order valence-electron chi connectivity index (χ4n) is 4.98. The highest BCUT2D eigenvalue weighted by molar-refractivity contribution is 6.30. The van der Waals surface area contributed by atoms with Gasteiger partial charge in [-0.1, -0.05) is 62.7 Å². The van der Waals surface area contributed by atoms with E-state index in [0.717, 1.165) is 50.3 Å². The predicted molar refractivity (Wildman–Crippen MR) is 124 cm³/mol. The minimum Gasteiger partial charge on any atom is -0.389 e. The van der Waals surface area contributed by atoms with Crippen LogP contribution >= 0.6 is 24.0 Å². The van der Waals surface area contributed by atoms with Crippen LogP contribution < -0.4 is 0 Å². The second-order valence-corrected chi connectivity index (χ2v) is 10.1. The third-order valence-electron chi connectivity index (χ3n) is 7.09. The largest absolute Gasteiger partial charge is 0.389 e. The molecule has 2 nitrogen and oxygen atoms in total. The Morgan fingerprint density at radius 2 is 1.62 bits per heavy atom. The van der Waals surface area contributed by atoms with E-state index in [1.807, 2.05) is 6.07 Å². The molecule has 1 aliphatic heterocycles. The molecule has 0 amide bonds. The van der Waals surface area contributed by atoms with Gasteiger partial charge in [-0.05, 0) is 65.5 Å². The van der Waals surface area contributed by atoms with Crippen molar-refractivity contribution >= 4 is 24.0 Å². The molecule has 4 heteroatoms. The maximum Gasteiger partial charge on any atom is 0.0720 e. The molecule has 1 saturated heterocycles. The Balaban J connectivity index is 0.00000240. The molecule has 0 radical (unpaired) electrons. The summed E-state index contributed by atoms with van der Waals surface area (Å²) in [6.07, 6.45) is 3.81. The first-order valence-electron chi connectivity index (χ1n) is 10.6. The molecule has 4 rings (SSSR count). The number of aliphatic hydroxyl groups is 1. The minimum absolute atomic E-state index is 0. The zero-order valence-corrected chi connectivity index (χ0v) is 19.3. The lowest BCUT2D eigenvalue weighted by atomic mass is 9.71. The Kier molecular flexibility index (Phi) is 6.70. The first-order valence-corrected chi connectivity index (χ1v) is 11.0. The molecule has 1 N–H and O–H groups in total. The standard InChI is InChI=1S/C25H32ClNO.ClH/c1-24(2,3)25(28)12-14-27(15-13-25)17-23-21-7-5-4-6-18(21)8-9-19-16-20(26)10-11-22(19)23;/h4-7,10-11,16,23,28H,8-9,12-15,17H2,1-3H3;1H. The van der Waals surface area contributed by atoms with Gasteiger partial charge >= 0.3 is 0 Å². The second kappa shape index (κ2) is 8.59. The summed E-state index contributed by atoms with van der Waals surface area (Å²) in [7, 11) is 0. The zero-order chi connectivity index (χ0) is 19.9. The molecule has 0 saturated carbocycles. The van der Waals surface area contributed by atoms with Crippen LogP contribution in [0.4, 0.5) is 0 Å². The van der Waals surface area contributed by atoms with Crippen molar-refractivity contribution in [2.45, 2.75) is 58.0 Å². The van der Waals surface area contributed by atoms with Crippen LogP contribution in [-0.4, -0.2) is 35.2 Å². The predicted octanol–water partition coefficient (Wildman–Crippen LogP) is 5.87. The molecular formula is C25H33Cl2NO. The SMILES string of the molecule is CC(C)(C)C1(O)CCN(CC2c3ccccc3CCc3cc(Cl)ccc32)CC1.Cl. The molecule has 1 aliphatic carbocycles. The zero-order valence-electron chi connectivity index (χ0n) is 17.7. The first-order chi connectivity index (χ1) is 13.3. The van der Waals surface area contributed by atoms with Gasteiger partial charge in [0.05, 0.1) is 5.60 Å². The van der Waals surface area contributed by atoms with Crippen LogP contribution in [0.15, 0.2) is 42.5 Å². The normalized spacial score (nSPS) is 21.5. The Morgan fingerprint density at radius 1 is 1.00 bits per heavy atom. The Morgan fingerprint density at radius 3 is 2.31 bits per heavy atom. The molecule has 0 spiro atoms. The van der Waals surface area contributed by atoms with Crippen molar-refractivity contribution in [2.24, 2.45) is 5.41 Å². The fourth-order valence-corrected chi connectivity index (χ4v) is 5.17. The summed E-state index contributed by atoms with van der Waals surface area (Å²) in [4.78, 5) is 2.55. The highest BCUT2D eigenvalue weighted by atomic mass is 35.5. The van der Waals surface area contributed by atoms with Gasteiger partial charge in [-0.25, -0.2) is 0 Å². The molecule has 1 heterocycles. The Bertz CT molecular complexity index is 850. The van der Waals surface area contributed by atoms with E-state index < -0.39 is 5.60 Å². The van der Waals surface area contributed by atoms with E-state index in [9.17, 15) is 5.11 Å². The van der Waals surface area contributed by atoms with Crippen molar-refractivity contribution in [3.8, 4) is 0 Å². The molecular weight excluding hydrogens is 401 g/mol. The third-order valence-corrected chi connectivity index (χ3v) is 7.33. The van der Waals surface area contributed by atoms with E-state index in [1.165, 1.54) is 22.3 Å². The molecule has 2 aromatic rings. The van der Waals surface area contributed by atoms with E-state index in [2.05, 4.69) is 62.1 Å². The van der Waals surface area contributed by atoms with Gasteiger partial charge in [-0.3, -0.25) is 0 Å². The topological polar surface area (TPSA) is 23.5 Å². The molecule has 0 aromatic heterocycles. The van der Waals surface area contributed by atoms with Gasteiger partial charge in [0.15, 0.2) is 0 Å². The maximum absolute atomic E-state index is 11.1. The Hall–Kier alpha value is -1.06. The lowest BCUT2D eigenvalue weighted by Crippen LogP contribution is -2.52. The minimum atomic E-state index is -0.559. The fraction of sp³-hybridized carbons (Fsp3) is 0.520. The van der Waals surface area contributed by atoms with Crippen molar-refractivity contribution in [1.82, 2.24) is 4.90 Å². The molecule has 1 fully saturated rings. The number of benzene rings is 2. The number of hydrogen-bond donors (Lipinski definition) is 1. The van der Waals surface area contributed by atoms with Gasteiger partial charge in [-0.2, -0.15) is 0 Å². The van der Waals surface area contributed by atoms with Crippen LogP contribution in [0.5, 0.6) is 0 Å². The van der Waals surface area contributed by atoms with Crippen LogP contribution in [0.2, 0.25) is 5.02 Å². The Labute approximate surface area is 186 Å². The van der Waals surface area contributed by atoms with Gasteiger partial charge in [0, 0.05) is 30.6 Å². The molecule has 158 valence electrons. The van der Waals surface area contributed by atoms with E-state index >= 15 is 0 Å². The average Bonchev–Trinajstić information content (AvgIpc) is 2.80. The molecule has 2 aliphatic rings. The summed E-state index contributed by atoms with van der Waals surface area (Å²) in [6, 6.07) is 15.3. The van der Waals surface area contributed by atoms with Gasteiger partial charge in [-0.15, -0.1) is 12.4 Å². The van der Waals surface area contributed by atoms with Crippen LogP contribution in [0, 0.1) is 5.41 Å². The number of rotatable bonds is 2. The number of nitrogens with zero attached hydrogens (tertiary/aromatic N) is 1. The summed E-state index contributed by atoms with van der Waals surface area (Å²) >= 11 is 6.32. The van der Waals surface area contributed by atoms with Crippen molar-refractivity contribution in [3.05, 3.63) is 69.7 Å². The smallest absolute Gasteiger partial charge is 0.0720 e. The number of likely N-dealkylation sites (tertiary alicyclic amines) is 1. The van der Waals surface area contributed by atoms with Crippen molar-refractivity contribution < 1.29 is 5.11 Å². The third kappa shape index (κ3) is 4.51. The molecule has 1 unspecified atom stereocenters. The van der Waals surface area contributed by atoms with Crippen LogP contribution in [0.1, 0.15) is 61.8 Å². The summed E-state index contributed by atoms with van der Waals surface area (Å²) in [6.45, 7) is 9.38. The number of aryl methyl sites for hydroxylation is 2. The highest BCUT2D eigenvalue weighted by Gasteiger charge is 2.42. The summed E-state index contributed by atoms with van der Waals surface area (Å²) in [5.74, 6) is 0.367. The summed E-state index contributed by atoms with van der Waals surface area (Å²) in [5, 5.41) is 11.9. The van der Waals surface area contributed by atoms with E-state index in [4.69, 9.17) is 11.6 Å². The molecule has 1 atom stereocenters. The lowest BCUT2D eigenvalue weighted by Gasteiger charge is -2.46. The van der Waals surface area contributed by atoms with Gasteiger partial charge in [0.2, 0.25) is 0 Å². The summed E-state index contributed by atoms with van der Waals surface area (Å²) < 4.78 is 0. The van der Waals surface area contributed by atoms with Crippen LogP contribution in [-0.2, 0) is 12.8 Å². The number of halogens is 2. The van der Waals surface area contributed by atoms with Crippen molar-refractivity contribution in [1.29, 1.82) is 0 Å². The van der Waals surface area contributed by atoms with Crippen LogP contribution in [0.3, 0.4) is 0 Å². The highest BCUT2D eigenvalue weighted by Crippen LogP contribution is 2.40. The average molecular weight is 434 g/mol. The first kappa shape index (κ1) is 22.6. The lowest BCUT2D eigenvalue weighted by molar-refractivity contribution is -0.0990. The second-order valence-electron chi connectivity index (χ2n) is 9.68. The van der Waals surface area contributed by atoms with Crippen molar-refractivity contribution in [3.63, 3.8) is 0 Å². The molecule has 29 heavy (non-hydrogen) atoms. The summed E-state index contributed by atoms with van der Waals surface area (Å²) in [5.41, 5.74) is 5.10.